The van der Waals surface area contributed by atoms with Gasteiger partial charge in [-0.25, -0.2) is 4.98 Å². The van der Waals surface area contributed by atoms with Crippen LogP contribution in [0.4, 0.5) is 11.4 Å². The Kier molecular flexibility index (Phi) is 6.53. The summed E-state index contributed by atoms with van der Waals surface area (Å²) in [7, 11) is 1.58. The molecule has 2 amide bonds. The van der Waals surface area contributed by atoms with Crippen molar-refractivity contribution in [2.45, 2.75) is 6.42 Å². The SMILES string of the molecule is COc1cccc(N2CC(C(=O)Nc3cccc(-c4csc(-c5ccc(Cl)cc5)n4)c3)CC2=O)c1. The van der Waals surface area contributed by atoms with E-state index in [1.54, 1.807) is 29.4 Å². The van der Waals surface area contributed by atoms with E-state index < -0.39 is 5.92 Å². The second-order valence-corrected chi connectivity index (χ2v) is 9.52. The summed E-state index contributed by atoms with van der Waals surface area (Å²) in [6.07, 6.45) is 0.166. The van der Waals surface area contributed by atoms with E-state index in [1.165, 1.54) is 0 Å². The maximum absolute atomic E-state index is 13.0. The molecule has 4 aromatic rings. The summed E-state index contributed by atoms with van der Waals surface area (Å²) in [5.41, 5.74) is 4.13. The topological polar surface area (TPSA) is 71.5 Å². The van der Waals surface area contributed by atoms with E-state index in [1.807, 2.05) is 72.1 Å². The van der Waals surface area contributed by atoms with Crippen molar-refractivity contribution in [3.63, 3.8) is 0 Å². The quantitative estimate of drug-likeness (QED) is 0.343. The highest BCUT2D eigenvalue weighted by Gasteiger charge is 2.35. The Labute approximate surface area is 212 Å². The molecule has 0 saturated carbocycles. The zero-order valence-corrected chi connectivity index (χ0v) is 20.5. The highest BCUT2D eigenvalue weighted by atomic mass is 35.5. The van der Waals surface area contributed by atoms with Crippen LogP contribution in [0.5, 0.6) is 5.75 Å². The third-order valence-corrected chi connectivity index (χ3v) is 7.03. The summed E-state index contributed by atoms with van der Waals surface area (Å²) in [5, 5.41) is 6.55. The van der Waals surface area contributed by atoms with Crippen LogP contribution in [0.1, 0.15) is 6.42 Å². The summed E-state index contributed by atoms with van der Waals surface area (Å²) in [6.45, 7) is 0.327. The number of hydrogen-bond acceptors (Lipinski definition) is 5. The Morgan fingerprint density at radius 1 is 1.09 bits per heavy atom. The highest BCUT2D eigenvalue weighted by Crippen LogP contribution is 2.32. The number of carbonyl (C=O) groups excluding carboxylic acids is 2. The molecular formula is C27H22ClN3O3S. The number of benzene rings is 3. The lowest BCUT2D eigenvalue weighted by Crippen LogP contribution is -2.28. The van der Waals surface area contributed by atoms with Crippen molar-refractivity contribution in [1.29, 1.82) is 0 Å². The van der Waals surface area contributed by atoms with Crippen LogP contribution in [0.2, 0.25) is 5.02 Å². The number of ether oxygens (including phenoxy) is 1. The van der Waals surface area contributed by atoms with Crippen LogP contribution in [-0.2, 0) is 9.59 Å². The molecule has 176 valence electrons. The monoisotopic (exact) mass is 503 g/mol. The molecule has 0 spiro atoms. The number of methoxy groups -OCH3 is 1. The van der Waals surface area contributed by atoms with Crippen LogP contribution in [0.25, 0.3) is 21.8 Å². The van der Waals surface area contributed by atoms with Crippen LogP contribution in [0, 0.1) is 5.92 Å². The smallest absolute Gasteiger partial charge is 0.229 e. The molecule has 1 atom stereocenters. The molecule has 1 saturated heterocycles. The number of rotatable bonds is 6. The fourth-order valence-corrected chi connectivity index (χ4v) is 5.00. The average molecular weight is 504 g/mol. The van der Waals surface area contributed by atoms with Gasteiger partial charge in [-0.15, -0.1) is 11.3 Å². The first-order chi connectivity index (χ1) is 17.0. The van der Waals surface area contributed by atoms with Crippen molar-refractivity contribution < 1.29 is 14.3 Å². The minimum atomic E-state index is -0.437. The number of nitrogens with one attached hydrogen (secondary N) is 1. The first-order valence-electron chi connectivity index (χ1n) is 11.1. The summed E-state index contributed by atoms with van der Waals surface area (Å²) < 4.78 is 5.25. The van der Waals surface area contributed by atoms with Gasteiger partial charge in [-0.2, -0.15) is 0 Å². The van der Waals surface area contributed by atoms with E-state index in [2.05, 4.69) is 5.32 Å². The predicted octanol–water partition coefficient (Wildman–Crippen LogP) is 6.13. The first-order valence-corrected chi connectivity index (χ1v) is 12.3. The molecule has 5 rings (SSSR count). The average Bonchev–Trinajstić information content (AvgIpc) is 3.52. The fraction of sp³-hybridized carbons (Fsp3) is 0.148. The summed E-state index contributed by atoms with van der Waals surface area (Å²) in [5.74, 6) is -0.0280. The van der Waals surface area contributed by atoms with Gasteiger partial charge in [-0.05, 0) is 36.4 Å². The molecule has 8 heteroatoms. The number of aromatic nitrogens is 1. The van der Waals surface area contributed by atoms with Crippen molar-refractivity contribution in [2.24, 2.45) is 5.92 Å². The molecule has 35 heavy (non-hydrogen) atoms. The van der Waals surface area contributed by atoms with Crippen LogP contribution in [-0.4, -0.2) is 30.5 Å². The molecule has 1 aliphatic heterocycles. The van der Waals surface area contributed by atoms with Gasteiger partial charge in [-0.1, -0.05) is 41.9 Å². The lowest BCUT2D eigenvalue weighted by atomic mass is 10.1. The van der Waals surface area contributed by atoms with E-state index >= 15 is 0 Å². The van der Waals surface area contributed by atoms with Gasteiger partial charge in [0, 0.05) is 51.9 Å². The van der Waals surface area contributed by atoms with E-state index in [4.69, 9.17) is 21.3 Å². The van der Waals surface area contributed by atoms with Gasteiger partial charge in [0.05, 0.1) is 18.7 Å². The second kappa shape index (κ2) is 9.90. The van der Waals surface area contributed by atoms with Gasteiger partial charge in [0.2, 0.25) is 11.8 Å². The fourth-order valence-electron chi connectivity index (χ4n) is 4.04. The highest BCUT2D eigenvalue weighted by molar-refractivity contribution is 7.13. The number of carbonyl (C=O) groups is 2. The zero-order valence-electron chi connectivity index (χ0n) is 18.9. The molecule has 0 radical (unpaired) electrons. The van der Waals surface area contributed by atoms with Gasteiger partial charge in [0.25, 0.3) is 0 Å². The molecule has 1 fully saturated rings. The minimum Gasteiger partial charge on any atom is -0.497 e. The Bertz CT molecular complexity index is 1390. The Balaban J connectivity index is 1.28. The molecule has 6 nitrogen and oxygen atoms in total. The molecule has 0 bridgehead atoms. The van der Waals surface area contributed by atoms with E-state index in [0.29, 0.717) is 23.0 Å². The first kappa shape index (κ1) is 23.1. The molecule has 0 aliphatic carbocycles. The Hall–Kier alpha value is -3.68. The maximum Gasteiger partial charge on any atom is 0.229 e. The third-order valence-electron chi connectivity index (χ3n) is 5.88. The van der Waals surface area contributed by atoms with Crippen LogP contribution < -0.4 is 15.0 Å². The summed E-state index contributed by atoms with van der Waals surface area (Å²) >= 11 is 7.54. The number of halogens is 1. The van der Waals surface area contributed by atoms with Gasteiger partial charge >= 0.3 is 0 Å². The van der Waals surface area contributed by atoms with Gasteiger partial charge < -0.3 is 15.0 Å². The number of nitrogens with zero attached hydrogens (tertiary/aromatic N) is 2. The lowest BCUT2D eigenvalue weighted by molar-refractivity contribution is -0.122. The number of anilines is 2. The minimum absolute atomic E-state index is 0.0793. The molecule has 1 aromatic heterocycles. The Morgan fingerprint density at radius 2 is 1.89 bits per heavy atom. The molecule has 3 aromatic carbocycles. The van der Waals surface area contributed by atoms with Gasteiger partial charge in [0.1, 0.15) is 10.8 Å². The zero-order chi connectivity index (χ0) is 24.4. The largest absolute Gasteiger partial charge is 0.497 e. The predicted molar refractivity (Wildman–Crippen MR) is 140 cm³/mol. The number of hydrogen-bond donors (Lipinski definition) is 1. The molecule has 2 heterocycles. The maximum atomic E-state index is 13.0. The third kappa shape index (κ3) is 5.06. The lowest BCUT2D eigenvalue weighted by Gasteiger charge is -2.17. The van der Waals surface area contributed by atoms with E-state index in [0.717, 1.165) is 27.5 Å². The van der Waals surface area contributed by atoms with Crippen LogP contribution in [0.15, 0.2) is 78.2 Å². The van der Waals surface area contributed by atoms with Crippen molar-refractivity contribution in [3.8, 4) is 27.6 Å². The summed E-state index contributed by atoms with van der Waals surface area (Å²) in [6, 6.07) is 22.4. The van der Waals surface area contributed by atoms with Crippen LogP contribution >= 0.6 is 22.9 Å². The van der Waals surface area contributed by atoms with Crippen molar-refractivity contribution >= 4 is 46.1 Å². The summed E-state index contributed by atoms with van der Waals surface area (Å²) in [4.78, 5) is 32.0. The molecule has 1 unspecified atom stereocenters. The van der Waals surface area contributed by atoms with E-state index in [-0.39, 0.29) is 18.2 Å². The second-order valence-electron chi connectivity index (χ2n) is 8.22. The number of thiazole rings is 1. The molecule has 1 aliphatic rings. The van der Waals surface area contributed by atoms with Crippen LogP contribution in [0.3, 0.4) is 0 Å². The van der Waals surface area contributed by atoms with Crippen molar-refractivity contribution in [1.82, 2.24) is 4.98 Å². The standard InChI is InChI=1S/C27H22ClN3O3S/c1-34-23-7-3-6-22(14-23)31-15-19(13-25(31)32)26(33)29-21-5-2-4-18(12-21)24-16-35-27(30-24)17-8-10-20(28)11-9-17/h2-12,14,16,19H,13,15H2,1H3,(H,29,33). The Morgan fingerprint density at radius 3 is 2.69 bits per heavy atom. The molecular weight excluding hydrogens is 482 g/mol. The number of amides is 2. The van der Waals surface area contributed by atoms with Crippen molar-refractivity contribution in [2.75, 3.05) is 23.9 Å². The van der Waals surface area contributed by atoms with E-state index in [9.17, 15) is 9.59 Å². The normalized spacial score (nSPS) is 15.3. The van der Waals surface area contributed by atoms with Crippen molar-refractivity contribution in [3.05, 3.63) is 83.2 Å². The van der Waals surface area contributed by atoms with Gasteiger partial charge in [-0.3, -0.25) is 9.59 Å². The van der Waals surface area contributed by atoms with Gasteiger partial charge in [0.15, 0.2) is 0 Å². The molecule has 1 N–H and O–H groups in total.